The van der Waals surface area contributed by atoms with Crippen LogP contribution >= 0.6 is 0 Å². The Morgan fingerprint density at radius 1 is 0.500 bits per heavy atom. The van der Waals surface area contributed by atoms with Crippen LogP contribution in [-0.4, -0.2) is 71.9 Å². The summed E-state index contributed by atoms with van der Waals surface area (Å²) in [6, 6.07) is 25.8. The predicted molar refractivity (Wildman–Crippen MR) is 216 cm³/mol. The molecule has 0 atom stereocenters. The average Bonchev–Trinajstić information content (AvgIpc) is 3.19. The zero-order valence-corrected chi connectivity index (χ0v) is 31.8. The molecule has 1 N–H and O–H groups in total. The Morgan fingerprint density at radius 3 is 1.39 bits per heavy atom. The van der Waals surface area contributed by atoms with Crippen molar-refractivity contribution in [1.82, 2.24) is 0 Å². The SMILES string of the molecule is COCCCc1c2ccccc2c(CCCOC)c2cc(C(=O)Oc3c(C(=O)O)ccc4c(CCCOC)c5ccccc5c(CCCOC)c34)ccc12. The summed E-state index contributed by atoms with van der Waals surface area (Å²) in [6.45, 7) is 2.37. The first-order chi connectivity index (χ1) is 26.4. The highest BCUT2D eigenvalue weighted by molar-refractivity contribution is 6.13. The molecule has 0 aromatic heterocycles. The molecule has 0 saturated carbocycles. The minimum atomic E-state index is -1.16. The quantitative estimate of drug-likeness (QED) is 0.0381. The second-order valence-corrected chi connectivity index (χ2v) is 13.7. The fourth-order valence-electron chi connectivity index (χ4n) is 7.97. The topological polar surface area (TPSA) is 101 Å². The van der Waals surface area contributed by atoms with E-state index in [4.69, 9.17) is 23.7 Å². The lowest BCUT2D eigenvalue weighted by molar-refractivity contribution is 0.0682. The zero-order valence-electron chi connectivity index (χ0n) is 31.8. The largest absolute Gasteiger partial charge is 0.478 e. The van der Waals surface area contributed by atoms with Gasteiger partial charge >= 0.3 is 11.9 Å². The number of methoxy groups -OCH3 is 4. The minimum absolute atomic E-state index is 0.0607. The van der Waals surface area contributed by atoms with E-state index in [1.165, 1.54) is 10.9 Å². The summed E-state index contributed by atoms with van der Waals surface area (Å²) in [6.07, 6.45) is 6.06. The van der Waals surface area contributed by atoms with Crippen LogP contribution in [0.1, 0.15) is 68.7 Å². The molecule has 0 amide bonds. The summed E-state index contributed by atoms with van der Waals surface area (Å²) in [5.74, 6) is -1.71. The molecule has 6 aromatic carbocycles. The Labute approximate surface area is 316 Å². The number of esters is 1. The fourth-order valence-corrected chi connectivity index (χ4v) is 7.97. The molecule has 0 heterocycles. The van der Waals surface area contributed by atoms with Crippen LogP contribution in [0.2, 0.25) is 0 Å². The van der Waals surface area contributed by atoms with E-state index in [1.807, 2.05) is 30.3 Å². The van der Waals surface area contributed by atoms with Crippen LogP contribution in [0.3, 0.4) is 0 Å². The summed E-state index contributed by atoms with van der Waals surface area (Å²) in [5, 5.41) is 18.6. The van der Waals surface area contributed by atoms with Crippen molar-refractivity contribution >= 4 is 55.0 Å². The molecule has 282 valence electrons. The van der Waals surface area contributed by atoms with E-state index >= 15 is 0 Å². The number of aryl methyl sites for hydroxylation is 4. The standard InChI is InChI=1S/C46H50O8/c1-50-25-9-17-34-31-13-5-6-14-32(31)37(19-11-27-52-3)42-29-30(21-22-38(34)42)46(49)54-44-41(45(47)48)24-23-40-36(18-10-26-51-2)33-15-7-8-16-35(33)39(43(40)44)20-12-28-53-4/h5-8,13-16,21-24,29H,9-12,17-20,25-28H2,1-4H3,(H,47,48). The maximum absolute atomic E-state index is 14.5. The number of ether oxygens (including phenoxy) is 5. The van der Waals surface area contributed by atoms with Gasteiger partial charge in [-0.25, -0.2) is 9.59 Å². The van der Waals surface area contributed by atoms with E-state index in [9.17, 15) is 14.7 Å². The highest BCUT2D eigenvalue weighted by Crippen LogP contribution is 2.42. The van der Waals surface area contributed by atoms with Gasteiger partial charge in [0.25, 0.3) is 0 Å². The van der Waals surface area contributed by atoms with Crippen molar-refractivity contribution in [2.45, 2.75) is 51.4 Å². The van der Waals surface area contributed by atoms with E-state index in [0.717, 1.165) is 81.1 Å². The first kappa shape index (κ1) is 38.9. The molecular formula is C46H50O8. The smallest absolute Gasteiger partial charge is 0.343 e. The van der Waals surface area contributed by atoms with Crippen molar-refractivity contribution in [2.75, 3.05) is 54.9 Å². The van der Waals surface area contributed by atoms with E-state index in [0.29, 0.717) is 56.6 Å². The molecule has 0 radical (unpaired) electrons. The molecule has 8 heteroatoms. The van der Waals surface area contributed by atoms with Gasteiger partial charge in [-0.2, -0.15) is 0 Å². The molecule has 0 spiro atoms. The third-order valence-electron chi connectivity index (χ3n) is 10.4. The van der Waals surface area contributed by atoms with Gasteiger partial charge in [0.1, 0.15) is 5.56 Å². The van der Waals surface area contributed by atoms with Crippen LogP contribution in [0.4, 0.5) is 0 Å². The van der Waals surface area contributed by atoms with Crippen LogP contribution in [0.25, 0.3) is 43.1 Å². The van der Waals surface area contributed by atoms with Gasteiger partial charge in [0.2, 0.25) is 0 Å². The van der Waals surface area contributed by atoms with Crippen molar-refractivity contribution in [2.24, 2.45) is 0 Å². The molecule has 0 aliphatic carbocycles. The molecule has 6 aromatic rings. The Morgan fingerprint density at radius 2 is 0.907 bits per heavy atom. The molecular weight excluding hydrogens is 680 g/mol. The van der Waals surface area contributed by atoms with Crippen molar-refractivity contribution in [1.29, 1.82) is 0 Å². The van der Waals surface area contributed by atoms with Crippen molar-refractivity contribution in [3.8, 4) is 5.75 Å². The number of hydrogen-bond donors (Lipinski definition) is 1. The van der Waals surface area contributed by atoms with Crippen molar-refractivity contribution in [3.05, 3.63) is 112 Å². The van der Waals surface area contributed by atoms with Gasteiger partial charge in [0.15, 0.2) is 5.75 Å². The number of carboxylic acids is 1. The molecule has 0 bridgehead atoms. The van der Waals surface area contributed by atoms with Gasteiger partial charge < -0.3 is 28.8 Å². The van der Waals surface area contributed by atoms with Crippen LogP contribution in [0.15, 0.2) is 78.9 Å². The Kier molecular flexibility index (Phi) is 13.3. The molecule has 0 aliphatic heterocycles. The van der Waals surface area contributed by atoms with Crippen LogP contribution in [0.5, 0.6) is 5.75 Å². The highest BCUT2D eigenvalue weighted by atomic mass is 16.5. The Bertz CT molecular complexity index is 2270. The molecule has 0 saturated heterocycles. The van der Waals surface area contributed by atoms with E-state index in [1.54, 1.807) is 40.6 Å². The third kappa shape index (κ3) is 8.12. The summed E-state index contributed by atoms with van der Waals surface area (Å²) in [4.78, 5) is 27.3. The number of fused-ring (bicyclic) bond motifs is 4. The number of hydrogen-bond acceptors (Lipinski definition) is 7. The Balaban J connectivity index is 1.55. The number of carbonyl (C=O) groups is 2. The first-order valence-corrected chi connectivity index (χ1v) is 18.8. The van der Waals surface area contributed by atoms with Gasteiger partial charge in [-0.05, 0) is 130 Å². The second kappa shape index (κ2) is 18.5. The van der Waals surface area contributed by atoms with Gasteiger partial charge in [-0.1, -0.05) is 60.7 Å². The Hall–Kier alpha value is -4.86. The second-order valence-electron chi connectivity index (χ2n) is 13.7. The number of carboxylic acid groups (broad SMARTS) is 1. The normalized spacial score (nSPS) is 11.6. The van der Waals surface area contributed by atoms with Crippen molar-refractivity contribution < 1.29 is 38.4 Å². The van der Waals surface area contributed by atoms with Gasteiger partial charge in [0.05, 0.1) is 5.56 Å². The fraction of sp³-hybridized carbons (Fsp3) is 0.348. The molecule has 54 heavy (non-hydrogen) atoms. The van der Waals surface area contributed by atoms with Gasteiger partial charge in [0, 0.05) is 60.3 Å². The average molecular weight is 731 g/mol. The lowest BCUT2D eigenvalue weighted by Gasteiger charge is -2.21. The monoisotopic (exact) mass is 730 g/mol. The van der Waals surface area contributed by atoms with E-state index in [-0.39, 0.29) is 11.3 Å². The van der Waals surface area contributed by atoms with Crippen LogP contribution in [-0.2, 0) is 44.6 Å². The van der Waals surface area contributed by atoms with Gasteiger partial charge in [-0.15, -0.1) is 0 Å². The number of rotatable bonds is 19. The maximum Gasteiger partial charge on any atom is 0.343 e. The minimum Gasteiger partial charge on any atom is -0.478 e. The molecule has 0 fully saturated rings. The number of carbonyl (C=O) groups excluding carboxylic acids is 1. The molecule has 0 aliphatic rings. The third-order valence-corrected chi connectivity index (χ3v) is 10.4. The summed E-state index contributed by atoms with van der Waals surface area (Å²) < 4.78 is 28.0. The molecule has 6 rings (SSSR count). The summed E-state index contributed by atoms with van der Waals surface area (Å²) >= 11 is 0. The number of benzene rings is 6. The highest BCUT2D eigenvalue weighted by Gasteiger charge is 2.25. The number of aromatic carboxylic acids is 1. The lowest BCUT2D eigenvalue weighted by atomic mass is 9.86. The van der Waals surface area contributed by atoms with E-state index < -0.39 is 11.9 Å². The van der Waals surface area contributed by atoms with E-state index in [2.05, 4.69) is 36.4 Å². The molecule has 8 nitrogen and oxygen atoms in total. The zero-order chi connectivity index (χ0) is 38.0. The predicted octanol–water partition coefficient (Wildman–Crippen LogP) is 9.53. The van der Waals surface area contributed by atoms with Crippen molar-refractivity contribution in [3.63, 3.8) is 0 Å². The first-order valence-electron chi connectivity index (χ1n) is 18.8. The van der Waals surface area contributed by atoms with Crippen LogP contribution in [0, 0.1) is 0 Å². The van der Waals surface area contributed by atoms with Crippen LogP contribution < -0.4 is 4.74 Å². The maximum atomic E-state index is 14.5. The van der Waals surface area contributed by atoms with Gasteiger partial charge in [-0.3, -0.25) is 0 Å². The summed E-state index contributed by atoms with van der Waals surface area (Å²) in [5.41, 5.74) is 4.65. The summed E-state index contributed by atoms with van der Waals surface area (Å²) in [7, 11) is 6.77. The molecule has 0 unspecified atom stereocenters. The lowest BCUT2D eigenvalue weighted by Crippen LogP contribution is -2.13.